The summed E-state index contributed by atoms with van der Waals surface area (Å²) in [6, 6.07) is 17.4. The molecule has 40 heavy (non-hydrogen) atoms. The molecule has 0 radical (unpaired) electrons. The van der Waals surface area contributed by atoms with Crippen molar-refractivity contribution < 1.29 is 27.2 Å². The van der Waals surface area contributed by atoms with Gasteiger partial charge in [0.05, 0.1) is 16.9 Å². The van der Waals surface area contributed by atoms with Crippen molar-refractivity contribution in [3.63, 3.8) is 0 Å². The van der Waals surface area contributed by atoms with Crippen molar-refractivity contribution in [3.8, 4) is 5.69 Å². The van der Waals surface area contributed by atoms with Gasteiger partial charge in [-0.15, -0.1) is 0 Å². The number of fused-ring (bicyclic) bond motifs is 1. The third kappa shape index (κ3) is 4.95. The number of aromatic nitrogens is 2. The van der Waals surface area contributed by atoms with Crippen LogP contribution in [0.4, 0.5) is 23.4 Å². The molecule has 1 aliphatic heterocycles. The Balaban J connectivity index is 1.66. The second kappa shape index (κ2) is 10.6. The summed E-state index contributed by atoms with van der Waals surface area (Å²) in [6.07, 6.45) is -4.65. The van der Waals surface area contributed by atoms with Gasteiger partial charge in [-0.3, -0.25) is 14.5 Å². The molecule has 3 N–H and O–H groups in total. The van der Waals surface area contributed by atoms with Crippen LogP contribution in [0.1, 0.15) is 38.7 Å². The van der Waals surface area contributed by atoms with Crippen molar-refractivity contribution >= 4 is 17.6 Å². The van der Waals surface area contributed by atoms with E-state index in [1.165, 1.54) is 35.2 Å². The number of anilines is 1. The van der Waals surface area contributed by atoms with Gasteiger partial charge in [0.1, 0.15) is 17.7 Å². The van der Waals surface area contributed by atoms with Crippen molar-refractivity contribution in [2.75, 3.05) is 18.0 Å². The normalized spacial score (nSPS) is 17.1. The summed E-state index contributed by atoms with van der Waals surface area (Å²) >= 11 is 0. The van der Waals surface area contributed by atoms with Gasteiger partial charge in [0.2, 0.25) is 0 Å². The Kier molecular flexibility index (Phi) is 7.16. The molecule has 0 fully saturated rings. The van der Waals surface area contributed by atoms with Gasteiger partial charge in [-0.25, -0.2) is 9.07 Å². The SMILES string of the molecule is Cc1nn(-c2ccccc2)c2c1C(c1ccc(F)cc1)C(NC(=O)c1cccc(C(F)(F)F)c1)C(=O)N2CCN. The van der Waals surface area contributed by atoms with E-state index in [0.29, 0.717) is 28.3 Å². The Labute approximate surface area is 227 Å². The Hall–Kier alpha value is -4.51. The van der Waals surface area contributed by atoms with E-state index < -0.39 is 41.3 Å². The van der Waals surface area contributed by atoms with E-state index in [1.807, 2.05) is 30.3 Å². The van der Waals surface area contributed by atoms with Crippen LogP contribution in [0, 0.1) is 12.7 Å². The summed E-state index contributed by atoms with van der Waals surface area (Å²) in [5.41, 5.74) is 7.00. The van der Waals surface area contributed by atoms with Crippen LogP contribution in [0.2, 0.25) is 0 Å². The molecule has 206 valence electrons. The van der Waals surface area contributed by atoms with Gasteiger partial charge in [0.15, 0.2) is 0 Å². The van der Waals surface area contributed by atoms with Crippen LogP contribution in [0.5, 0.6) is 0 Å². The lowest BCUT2D eigenvalue weighted by molar-refractivity contribution is -0.137. The van der Waals surface area contributed by atoms with E-state index >= 15 is 0 Å². The number of alkyl halides is 3. The first-order valence-corrected chi connectivity index (χ1v) is 12.5. The molecule has 11 heteroatoms. The quantitative estimate of drug-likeness (QED) is 0.344. The molecular formula is C29H25F4N5O2. The van der Waals surface area contributed by atoms with Crippen LogP contribution in [0.25, 0.3) is 5.69 Å². The average molecular weight is 552 g/mol. The highest BCUT2D eigenvalue weighted by molar-refractivity contribution is 6.05. The highest BCUT2D eigenvalue weighted by atomic mass is 19.4. The summed E-state index contributed by atoms with van der Waals surface area (Å²) in [6.45, 7) is 1.95. The molecule has 0 aliphatic carbocycles. The molecule has 0 spiro atoms. The number of para-hydroxylation sites is 1. The van der Waals surface area contributed by atoms with Crippen molar-refractivity contribution in [1.29, 1.82) is 0 Å². The molecule has 0 bridgehead atoms. The number of aryl methyl sites for hydroxylation is 1. The van der Waals surface area contributed by atoms with Crippen molar-refractivity contribution in [2.24, 2.45) is 5.73 Å². The second-order valence-corrected chi connectivity index (χ2v) is 9.41. The van der Waals surface area contributed by atoms with E-state index in [2.05, 4.69) is 5.32 Å². The zero-order valence-electron chi connectivity index (χ0n) is 21.3. The summed E-state index contributed by atoms with van der Waals surface area (Å²) in [5.74, 6) is -2.23. The number of hydrogen-bond acceptors (Lipinski definition) is 4. The fourth-order valence-electron chi connectivity index (χ4n) is 5.06. The smallest absolute Gasteiger partial charge is 0.339 e. The Bertz CT molecular complexity index is 1550. The monoisotopic (exact) mass is 551 g/mol. The van der Waals surface area contributed by atoms with Gasteiger partial charge >= 0.3 is 6.18 Å². The predicted octanol–water partition coefficient (Wildman–Crippen LogP) is 4.57. The number of rotatable bonds is 6. The van der Waals surface area contributed by atoms with E-state index in [1.54, 1.807) is 11.6 Å². The minimum atomic E-state index is -4.65. The Morgan fingerprint density at radius 3 is 2.38 bits per heavy atom. The lowest BCUT2D eigenvalue weighted by atomic mass is 9.81. The molecular weight excluding hydrogens is 526 g/mol. The molecule has 0 saturated carbocycles. The summed E-state index contributed by atoms with van der Waals surface area (Å²) in [7, 11) is 0. The van der Waals surface area contributed by atoms with Crippen LogP contribution in [-0.2, 0) is 11.0 Å². The van der Waals surface area contributed by atoms with Crippen molar-refractivity contribution in [1.82, 2.24) is 15.1 Å². The van der Waals surface area contributed by atoms with Gasteiger partial charge in [0, 0.05) is 30.1 Å². The second-order valence-electron chi connectivity index (χ2n) is 9.41. The van der Waals surface area contributed by atoms with Gasteiger partial charge in [-0.2, -0.15) is 18.3 Å². The summed E-state index contributed by atoms with van der Waals surface area (Å²) in [5, 5.41) is 7.37. The lowest BCUT2D eigenvalue weighted by Gasteiger charge is -2.38. The molecule has 1 aliphatic rings. The van der Waals surface area contributed by atoms with Gasteiger partial charge < -0.3 is 11.1 Å². The van der Waals surface area contributed by atoms with Gasteiger partial charge in [-0.1, -0.05) is 36.4 Å². The number of hydrogen-bond donors (Lipinski definition) is 2. The molecule has 2 atom stereocenters. The molecule has 3 aromatic carbocycles. The maximum absolute atomic E-state index is 14.1. The molecule has 7 nitrogen and oxygen atoms in total. The predicted molar refractivity (Wildman–Crippen MR) is 141 cm³/mol. The standard InChI is InChI=1S/C29H25F4N5O2/c1-17-23-24(18-10-12-21(30)13-11-18)25(35-26(39)19-6-5-7-20(16-19)29(31,32)33)28(40)37(15-14-34)27(23)38(36-17)22-8-3-2-4-9-22/h2-13,16,24-25H,14-15,34H2,1H3,(H,35,39). The highest BCUT2D eigenvalue weighted by Crippen LogP contribution is 2.43. The molecule has 2 amide bonds. The van der Waals surface area contributed by atoms with Crippen LogP contribution in [0.15, 0.2) is 78.9 Å². The summed E-state index contributed by atoms with van der Waals surface area (Å²) < 4.78 is 55.4. The number of benzene rings is 3. The molecule has 5 rings (SSSR count). The maximum atomic E-state index is 14.1. The van der Waals surface area contributed by atoms with Crippen LogP contribution in [0.3, 0.4) is 0 Å². The lowest BCUT2D eigenvalue weighted by Crippen LogP contribution is -2.56. The topological polar surface area (TPSA) is 93.2 Å². The fraction of sp³-hybridized carbons (Fsp3) is 0.207. The number of nitrogens with one attached hydrogen (secondary N) is 1. The van der Waals surface area contributed by atoms with Gasteiger partial charge in [0.25, 0.3) is 11.8 Å². The molecule has 2 unspecified atom stereocenters. The van der Waals surface area contributed by atoms with Crippen molar-refractivity contribution in [2.45, 2.75) is 25.1 Å². The number of carbonyl (C=O) groups is 2. The molecule has 0 saturated heterocycles. The minimum absolute atomic E-state index is 0.0931. The third-order valence-corrected chi connectivity index (χ3v) is 6.83. The van der Waals surface area contributed by atoms with Crippen LogP contribution < -0.4 is 16.0 Å². The largest absolute Gasteiger partial charge is 0.416 e. The third-order valence-electron chi connectivity index (χ3n) is 6.83. The number of halogens is 4. The zero-order valence-corrected chi connectivity index (χ0v) is 21.3. The molecule has 1 aromatic heterocycles. The first kappa shape index (κ1) is 27.1. The minimum Gasteiger partial charge on any atom is -0.339 e. The first-order valence-electron chi connectivity index (χ1n) is 12.5. The first-order chi connectivity index (χ1) is 19.1. The highest BCUT2D eigenvalue weighted by Gasteiger charge is 2.46. The van der Waals surface area contributed by atoms with E-state index in [9.17, 15) is 27.2 Å². The number of amides is 2. The van der Waals surface area contributed by atoms with E-state index in [4.69, 9.17) is 10.8 Å². The molecule has 4 aromatic rings. The van der Waals surface area contributed by atoms with E-state index in [0.717, 1.165) is 18.2 Å². The molecule has 2 heterocycles. The fourth-order valence-corrected chi connectivity index (χ4v) is 5.06. The Morgan fingerprint density at radius 1 is 1.02 bits per heavy atom. The van der Waals surface area contributed by atoms with Crippen molar-refractivity contribution in [3.05, 3.63) is 113 Å². The zero-order chi connectivity index (χ0) is 28.6. The Morgan fingerprint density at radius 2 is 1.73 bits per heavy atom. The average Bonchev–Trinajstić information content (AvgIpc) is 3.28. The van der Waals surface area contributed by atoms with Crippen LogP contribution >= 0.6 is 0 Å². The van der Waals surface area contributed by atoms with Gasteiger partial charge in [-0.05, 0) is 55.0 Å². The number of nitrogens with zero attached hydrogens (tertiary/aromatic N) is 3. The van der Waals surface area contributed by atoms with E-state index in [-0.39, 0.29) is 18.7 Å². The maximum Gasteiger partial charge on any atom is 0.416 e. The number of carbonyl (C=O) groups excluding carboxylic acids is 2. The summed E-state index contributed by atoms with van der Waals surface area (Å²) in [4.78, 5) is 28.8. The van der Waals surface area contributed by atoms with Crippen LogP contribution in [-0.4, -0.2) is 40.7 Å². The number of nitrogens with two attached hydrogens (primary N) is 1.